The fraction of sp³-hybridized carbons (Fsp3) is 0.227. The third-order valence-corrected chi connectivity index (χ3v) is 4.73. The van der Waals surface area contributed by atoms with Gasteiger partial charge >= 0.3 is 12.1 Å². The maximum Gasteiger partial charge on any atom is 0.471 e. The topological polar surface area (TPSA) is 123 Å². The van der Waals surface area contributed by atoms with Crippen molar-refractivity contribution in [3.05, 3.63) is 83.5 Å². The Morgan fingerprint density at radius 3 is 2.33 bits per heavy atom. The van der Waals surface area contributed by atoms with E-state index in [-0.39, 0.29) is 18.3 Å². The van der Waals surface area contributed by atoms with Gasteiger partial charge in [-0.1, -0.05) is 47.6 Å². The number of aromatic nitrogens is 2. The molecule has 2 aromatic carbocycles. The van der Waals surface area contributed by atoms with Crippen LogP contribution in [0.15, 0.2) is 71.0 Å². The molecule has 11 heteroatoms. The first kappa shape index (κ1) is 23.8. The Morgan fingerprint density at radius 1 is 1.12 bits per heavy atom. The SMILES string of the molecule is CC(C)(NC(=O)c1ccccc1)/C(N)=C/N(N)Cc1ccc(-c2noc(C(F)(F)F)n2)cc1. The van der Waals surface area contributed by atoms with Crippen LogP contribution in [0.3, 0.4) is 0 Å². The largest absolute Gasteiger partial charge is 0.471 e. The highest BCUT2D eigenvalue weighted by Crippen LogP contribution is 2.29. The van der Waals surface area contributed by atoms with Crippen molar-refractivity contribution in [2.24, 2.45) is 11.6 Å². The van der Waals surface area contributed by atoms with Crippen LogP contribution in [0, 0.1) is 0 Å². The molecular weight excluding hydrogens is 437 g/mol. The van der Waals surface area contributed by atoms with Gasteiger partial charge < -0.3 is 20.6 Å². The lowest BCUT2D eigenvalue weighted by Crippen LogP contribution is -2.48. The standard InChI is InChI=1S/C22H23F3N6O2/c1-21(2,29-19(32)16-6-4-3-5-7-16)17(26)13-31(27)12-14-8-10-15(11-9-14)18-28-20(33-30-18)22(23,24)25/h3-11,13H,12,26-27H2,1-2H3,(H,29,32)/b17-13-. The second kappa shape index (κ2) is 9.33. The molecule has 1 heterocycles. The summed E-state index contributed by atoms with van der Waals surface area (Å²) in [7, 11) is 0. The second-order valence-corrected chi connectivity index (χ2v) is 7.82. The van der Waals surface area contributed by atoms with Crippen LogP contribution in [-0.4, -0.2) is 26.6 Å². The van der Waals surface area contributed by atoms with E-state index >= 15 is 0 Å². The van der Waals surface area contributed by atoms with E-state index in [1.165, 1.54) is 11.2 Å². The Kier molecular flexibility index (Phi) is 6.73. The average molecular weight is 460 g/mol. The summed E-state index contributed by atoms with van der Waals surface area (Å²) in [5, 5.41) is 7.56. The molecule has 1 aromatic heterocycles. The maximum absolute atomic E-state index is 12.6. The molecule has 33 heavy (non-hydrogen) atoms. The summed E-state index contributed by atoms with van der Waals surface area (Å²) < 4.78 is 42.1. The summed E-state index contributed by atoms with van der Waals surface area (Å²) in [5.74, 6) is 4.20. The van der Waals surface area contributed by atoms with E-state index in [1.54, 1.807) is 62.4 Å². The number of halogens is 3. The number of nitrogens with one attached hydrogen (secondary N) is 1. The van der Waals surface area contributed by atoms with E-state index in [0.29, 0.717) is 16.8 Å². The molecule has 0 bridgehead atoms. The molecule has 0 atom stereocenters. The lowest BCUT2D eigenvalue weighted by atomic mass is 10.0. The molecule has 5 N–H and O–H groups in total. The van der Waals surface area contributed by atoms with Gasteiger partial charge in [0.25, 0.3) is 5.91 Å². The molecule has 0 unspecified atom stereocenters. The first-order chi connectivity index (χ1) is 15.5. The van der Waals surface area contributed by atoms with Crippen molar-refractivity contribution in [3.63, 3.8) is 0 Å². The minimum absolute atomic E-state index is 0.168. The zero-order valence-electron chi connectivity index (χ0n) is 17.9. The van der Waals surface area contributed by atoms with Crippen molar-refractivity contribution < 1.29 is 22.5 Å². The first-order valence-corrected chi connectivity index (χ1v) is 9.82. The van der Waals surface area contributed by atoms with Gasteiger partial charge in [0, 0.05) is 17.3 Å². The van der Waals surface area contributed by atoms with E-state index in [2.05, 4.69) is 20.0 Å². The van der Waals surface area contributed by atoms with Crippen LogP contribution in [0.5, 0.6) is 0 Å². The lowest BCUT2D eigenvalue weighted by molar-refractivity contribution is -0.159. The molecule has 0 saturated carbocycles. The van der Waals surface area contributed by atoms with Crippen LogP contribution in [0.2, 0.25) is 0 Å². The minimum atomic E-state index is -4.70. The Morgan fingerprint density at radius 2 is 1.76 bits per heavy atom. The lowest BCUT2D eigenvalue weighted by Gasteiger charge is -2.28. The van der Waals surface area contributed by atoms with Crippen molar-refractivity contribution >= 4 is 5.91 Å². The molecule has 174 valence electrons. The van der Waals surface area contributed by atoms with Gasteiger partial charge in [-0.3, -0.25) is 4.79 Å². The van der Waals surface area contributed by atoms with E-state index in [9.17, 15) is 18.0 Å². The van der Waals surface area contributed by atoms with Gasteiger partial charge in [-0.25, -0.2) is 5.84 Å². The highest BCUT2D eigenvalue weighted by Gasteiger charge is 2.38. The van der Waals surface area contributed by atoms with Gasteiger partial charge in [-0.15, -0.1) is 0 Å². The third-order valence-electron chi connectivity index (χ3n) is 4.73. The van der Waals surface area contributed by atoms with Crippen LogP contribution in [0.1, 0.15) is 35.7 Å². The van der Waals surface area contributed by atoms with Crippen LogP contribution >= 0.6 is 0 Å². The molecule has 0 fully saturated rings. The fourth-order valence-electron chi connectivity index (χ4n) is 2.83. The van der Waals surface area contributed by atoms with Crippen molar-refractivity contribution in [2.45, 2.75) is 32.1 Å². The Hall–Kier alpha value is -3.86. The minimum Gasteiger partial charge on any atom is -0.399 e. The highest BCUT2D eigenvalue weighted by atomic mass is 19.4. The predicted molar refractivity (Wildman–Crippen MR) is 115 cm³/mol. The van der Waals surface area contributed by atoms with Gasteiger partial charge in [0.2, 0.25) is 5.82 Å². The fourth-order valence-corrected chi connectivity index (χ4v) is 2.83. The second-order valence-electron chi connectivity index (χ2n) is 7.82. The zero-order valence-corrected chi connectivity index (χ0v) is 17.9. The number of carbonyl (C=O) groups is 1. The smallest absolute Gasteiger partial charge is 0.399 e. The van der Waals surface area contributed by atoms with Crippen molar-refractivity contribution in [3.8, 4) is 11.4 Å². The molecule has 0 saturated heterocycles. The number of nitrogens with zero attached hydrogens (tertiary/aromatic N) is 3. The van der Waals surface area contributed by atoms with E-state index < -0.39 is 17.6 Å². The number of hydrogen-bond donors (Lipinski definition) is 3. The van der Waals surface area contributed by atoms with Crippen molar-refractivity contribution in [1.29, 1.82) is 0 Å². The summed E-state index contributed by atoms with van der Waals surface area (Å²) in [4.78, 5) is 15.8. The zero-order chi connectivity index (χ0) is 24.2. The number of nitrogens with two attached hydrogens (primary N) is 2. The van der Waals surface area contributed by atoms with Crippen LogP contribution in [0.4, 0.5) is 13.2 Å². The molecule has 0 radical (unpaired) electrons. The number of benzene rings is 2. The van der Waals surface area contributed by atoms with Gasteiger partial charge in [-0.2, -0.15) is 18.2 Å². The highest BCUT2D eigenvalue weighted by molar-refractivity contribution is 5.94. The van der Waals surface area contributed by atoms with Gasteiger partial charge in [0.15, 0.2) is 0 Å². The molecule has 3 aromatic rings. The van der Waals surface area contributed by atoms with Gasteiger partial charge in [-0.05, 0) is 31.5 Å². The predicted octanol–water partition coefficient (Wildman–Crippen LogP) is 3.44. The molecule has 0 aliphatic heterocycles. The van der Waals surface area contributed by atoms with E-state index in [0.717, 1.165) is 5.56 Å². The first-order valence-electron chi connectivity index (χ1n) is 9.82. The van der Waals surface area contributed by atoms with Gasteiger partial charge in [0.05, 0.1) is 17.8 Å². The number of hydrogen-bond acceptors (Lipinski definition) is 7. The van der Waals surface area contributed by atoms with Crippen molar-refractivity contribution in [1.82, 2.24) is 20.5 Å². The van der Waals surface area contributed by atoms with Crippen LogP contribution in [-0.2, 0) is 12.7 Å². The Labute approximate surface area is 188 Å². The molecule has 3 rings (SSSR count). The Bertz CT molecular complexity index is 1130. The van der Waals surface area contributed by atoms with E-state index in [1.807, 2.05) is 6.07 Å². The molecular formula is C22H23F3N6O2. The summed E-state index contributed by atoms with van der Waals surface area (Å²) in [6.07, 6.45) is -3.19. The monoisotopic (exact) mass is 460 g/mol. The summed E-state index contributed by atoms with van der Waals surface area (Å²) in [6, 6.07) is 15.2. The maximum atomic E-state index is 12.6. The molecule has 0 aliphatic rings. The Balaban J connectivity index is 1.63. The third kappa shape index (κ3) is 6.10. The summed E-state index contributed by atoms with van der Waals surface area (Å²) >= 11 is 0. The number of alkyl halides is 3. The quantitative estimate of drug-likeness (QED) is 0.365. The number of hydrazine groups is 1. The molecule has 0 aliphatic carbocycles. The average Bonchev–Trinajstić information content (AvgIpc) is 3.25. The molecule has 1 amide bonds. The van der Waals surface area contributed by atoms with Crippen LogP contribution in [0.25, 0.3) is 11.4 Å². The number of rotatable bonds is 7. The van der Waals surface area contributed by atoms with Crippen LogP contribution < -0.4 is 16.9 Å². The number of amides is 1. The molecule has 8 nitrogen and oxygen atoms in total. The normalized spacial score (nSPS) is 12.5. The van der Waals surface area contributed by atoms with E-state index in [4.69, 9.17) is 11.6 Å². The summed E-state index contributed by atoms with van der Waals surface area (Å²) in [6.45, 7) is 3.76. The molecule has 0 spiro atoms. The number of carbonyl (C=O) groups excluding carboxylic acids is 1. The van der Waals surface area contributed by atoms with Gasteiger partial charge in [0.1, 0.15) is 0 Å². The van der Waals surface area contributed by atoms with Crippen molar-refractivity contribution in [2.75, 3.05) is 0 Å². The summed E-state index contributed by atoms with van der Waals surface area (Å²) in [5.41, 5.74) is 7.26.